The third-order valence-corrected chi connectivity index (χ3v) is 6.65. The number of morpholine rings is 1. The molecule has 3 aromatic rings. The van der Waals surface area contributed by atoms with Crippen LogP contribution >= 0.6 is 0 Å². The minimum Gasteiger partial charge on any atom is -0.473 e. The quantitative estimate of drug-likeness (QED) is 0.535. The molecule has 10 heteroatoms. The number of ether oxygens (including phenoxy) is 2. The first-order valence-corrected chi connectivity index (χ1v) is 11.6. The van der Waals surface area contributed by atoms with Gasteiger partial charge in [-0.15, -0.1) is 0 Å². The van der Waals surface area contributed by atoms with Crippen LogP contribution < -0.4 is 9.64 Å². The Morgan fingerprint density at radius 2 is 2.00 bits per heavy atom. The summed E-state index contributed by atoms with van der Waals surface area (Å²) in [7, 11) is 0.467. The van der Waals surface area contributed by atoms with Crippen LogP contribution in [0.15, 0.2) is 54.7 Å². The van der Waals surface area contributed by atoms with Gasteiger partial charge in [0.2, 0.25) is 15.9 Å². The first-order chi connectivity index (χ1) is 15.4. The fourth-order valence-electron chi connectivity index (χ4n) is 3.42. The molecule has 1 atom stereocenters. The SMILES string of the molecule is C=CS(=O)(=O)N1CCOC(COc2nc(-c3ccc(N(C)C)cc3)cc3nccnc23)C1. The summed E-state index contributed by atoms with van der Waals surface area (Å²) in [6.45, 7) is 4.27. The summed E-state index contributed by atoms with van der Waals surface area (Å²) in [5, 5.41) is 0.950. The first kappa shape index (κ1) is 22.1. The highest BCUT2D eigenvalue weighted by Crippen LogP contribution is 2.28. The molecule has 1 aliphatic heterocycles. The van der Waals surface area contributed by atoms with Crippen molar-refractivity contribution in [3.63, 3.8) is 0 Å². The van der Waals surface area contributed by atoms with Gasteiger partial charge < -0.3 is 14.4 Å². The number of aromatic nitrogens is 3. The van der Waals surface area contributed by atoms with Crippen molar-refractivity contribution in [1.29, 1.82) is 0 Å². The van der Waals surface area contributed by atoms with Crippen LogP contribution in [0, 0.1) is 0 Å². The maximum atomic E-state index is 12.1. The van der Waals surface area contributed by atoms with Crippen LogP contribution in [-0.4, -0.2) is 74.2 Å². The fraction of sp³-hybridized carbons (Fsp3) is 0.318. The van der Waals surface area contributed by atoms with Gasteiger partial charge in [0, 0.05) is 56.2 Å². The lowest BCUT2D eigenvalue weighted by molar-refractivity contribution is -0.0251. The second-order valence-corrected chi connectivity index (χ2v) is 9.43. The monoisotopic (exact) mass is 455 g/mol. The summed E-state index contributed by atoms with van der Waals surface area (Å²) in [4.78, 5) is 15.5. The van der Waals surface area contributed by atoms with E-state index in [1.165, 1.54) is 4.31 Å². The summed E-state index contributed by atoms with van der Waals surface area (Å²) < 4.78 is 37.2. The van der Waals surface area contributed by atoms with Gasteiger partial charge in [-0.1, -0.05) is 18.7 Å². The van der Waals surface area contributed by atoms with Crippen molar-refractivity contribution >= 4 is 26.7 Å². The number of pyridine rings is 1. The van der Waals surface area contributed by atoms with Crippen LogP contribution in [0.4, 0.5) is 5.69 Å². The van der Waals surface area contributed by atoms with Crippen LogP contribution in [0.25, 0.3) is 22.3 Å². The maximum absolute atomic E-state index is 12.1. The molecule has 1 fully saturated rings. The van der Waals surface area contributed by atoms with Crippen molar-refractivity contribution in [2.45, 2.75) is 6.10 Å². The molecule has 4 rings (SSSR count). The average Bonchev–Trinajstić information content (AvgIpc) is 2.82. The van der Waals surface area contributed by atoms with E-state index >= 15 is 0 Å². The van der Waals surface area contributed by atoms with Gasteiger partial charge in [0.15, 0.2) is 5.52 Å². The molecule has 1 aliphatic rings. The summed E-state index contributed by atoms with van der Waals surface area (Å²) in [5.74, 6) is 0.328. The molecule has 1 aromatic carbocycles. The average molecular weight is 456 g/mol. The molecular formula is C22H25N5O4S. The normalized spacial score (nSPS) is 17.2. The Morgan fingerprint density at radius 3 is 2.72 bits per heavy atom. The molecule has 1 unspecified atom stereocenters. The maximum Gasteiger partial charge on any atom is 0.242 e. The van der Waals surface area contributed by atoms with Crippen molar-refractivity contribution < 1.29 is 17.9 Å². The van der Waals surface area contributed by atoms with Gasteiger partial charge in [-0.2, -0.15) is 4.31 Å². The molecule has 0 radical (unpaired) electrons. The lowest BCUT2D eigenvalue weighted by Gasteiger charge is -2.31. The van der Waals surface area contributed by atoms with E-state index in [4.69, 9.17) is 9.47 Å². The number of hydrogen-bond donors (Lipinski definition) is 0. The third kappa shape index (κ3) is 4.72. The molecule has 9 nitrogen and oxygen atoms in total. The zero-order chi connectivity index (χ0) is 22.7. The van der Waals surface area contributed by atoms with E-state index in [1.54, 1.807) is 12.4 Å². The number of rotatable bonds is 7. The molecular weight excluding hydrogens is 430 g/mol. The molecule has 3 heterocycles. The van der Waals surface area contributed by atoms with Crippen LogP contribution in [0.2, 0.25) is 0 Å². The number of anilines is 1. The highest BCUT2D eigenvalue weighted by molar-refractivity contribution is 7.92. The second kappa shape index (κ2) is 9.19. The smallest absolute Gasteiger partial charge is 0.242 e. The largest absolute Gasteiger partial charge is 0.473 e. The zero-order valence-electron chi connectivity index (χ0n) is 18.0. The van der Waals surface area contributed by atoms with Gasteiger partial charge in [-0.3, -0.25) is 4.98 Å². The Morgan fingerprint density at radius 1 is 1.25 bits per heavy atom. The minimum atomic E-state index is -3.50. The Hall–Kier alpha value is -3.08. The van der Waals surface area contributed by atoms with E-state index < -0.39 is 16.1 Å². The van der Waals surface area contributed by atoms with Crippen molar-refractivity contribution in [1.82, 2.24) is 19.3 Å². The van der Waals surface area contributed by atoms with Crippen LogP contribution in [0.1, 0.15) is 0 Å². The van der Waals surface area contributed by atoms with Crippen molar-refractivity contribution in [2.24, 2.45) is 0 Å². The predicted octanol–water partition coefficient (Wildman–Crippen LogP) is 2.31. The van der Waals surface area contributed by atoms with E-state index in [9.17, 15) is 8.42 Å². The first-order valence-electron chi connectivity index (χ1n) is 10.1. The van der Waals surface area contributed by atoms with Gasteiger partial charge in [0.25, 0.3) is 0 Å². The Bertz CT molecular complexity index is 1210. The third-order valence-electron chi connectivity index (χ3n) is 5.18. The van der Waals surface area contributed by atoms with E-state index in [1.807, 2.05) is 49.3 Å². The van der Waals surface area contributed by atoms with E-state index in [-0.39, 0.29) is 26.3 Å². The molecule has 2 aromatic heterocycles. The number of nitrogens with zero attached hydrogens (tertiary/aromatic N) is 5. The highest BCUT2D eigenvalue weighted by atomic mass is 32.2. The molecule has 1 saturated heterocycles. The Balaban J connectivity index is 1.59. The molecule has 0 bridgehead atoms. The molecule has 168 valence electrons. The fourth-order valence-corrected chi connectivity index (χ4v) is 4.34. The van der Waals surface area contributed by atoms with Gasteiger partial charge in [-0.05, 0) is 18.2 Å². The van der Waals surface area contributed by atoms with E-state index in [0.717, 1.165) is 16.7 Å². The summed E-state index contributed by atoms with van der Waals surface area (Å²) in [5.41, 5.74) is 3.90. The molecule has 0 N–H and O–H groups in total. The van der Waals surface area contributed by atoms with Gasteiger partial charge in [0.05, 0.1) is 17.8 Å². The van der Waals surface area contributed by atoms with Gasteiger partial charge in [-0.25, -0.2) is 18.4 Å². The van der Waals surface area contributed by atoms with Crippen molar-refractivity contribution in [2.75, 3.05) is 45.3 Å². The van der Waals surface area contributed by atoms with Crippen LogP contribution in [-0.2, 0) is 14.8 Å². The Labute approximate surface area is 187 Å². The lowest BCUT2D eigenvalue weighted by Crippen LogP contribution is -2.46. The number of hydrogen-bond acceptors (Lipinski definition) is 8. The standard InChI is InChI=1S/C22H25N5O4S/c1-4-32(28,29)27-11-12-30-18(14-27)15-31-22-21-20(23-9-10-24-21)13-19(25-22)16-5-7-17(8-6-16)26(2)3/h4-10,13,18H,1,11-12,14-15H2,2-3H3. The summed E-state index contributed by atoms with van der Waals surface area (Å²) >= 11 is 0. The van der Waals surface area contributed by atoms with Crippen molar-refractivity contribution in [3.8, 4) is 17.1 Å². The molecule has 0 spiro atoms. The lowest BCUT2D eigenvalue weighted by atomic mass is 10.1. The van der Waals surface area contributed by atoms with E-state index in [2.05, 4.69) is 21.5 Å². The Kier molecular flexibility index (Phi) is 6.35. The summed E-state index contributed by atoms with van der Waals surface area (Å²) in [6.07, 6.45) is 2.76. The van der Waals surface area contributed by atoms with Gasteiger partial charge >= 0.3 is 0 Å². The molecule has 0 saturated carbocycles. The van der Waals surface area contributed by atoms with E-state index in [0.29, 0.717) is 22.6 Å². The number of fused-ring (bicyclic) bond motifs is 1. The summed E-state index contributed by atoms with van der Waals surface area (Å²) in [6, 6.07) is 9.89. The zero-order valence-corrected chi connectivity index (χ0v) is 18.8. The van der Waals surface area contributed by atoms with Gasteiger partial charge in [0.1, 0.15) is 12.7 Å². The minimum absolute atomic E-state index is 0.130. The molecule has 0 aliphatic carbocycles. The topological polar surface area (TPSA) is 97.8 Å². The van der Waals surface area contributed by atoms with Crippen LogP contribution in [0.3, 0.4) is 0 Å². The highest BCUT2D eigenvalue weighted by Gasteiger charge is 2.28. The number of sulfonamides is 1. The van der Waals surface area contributed by atoms with Crippen LogP contribution in [0.5, 0.6) is 5.88 Å². The number of benzene rings is 1. The molecule has 0 amide bonds. The predicted molar refractivity (Wildman–Crippen MR) is 123 cm³/mol. The second-order valence-electron chi connectivity index (χ2n) is 7.55. The van der Waals surface area contributed by atoms with Crippen molar-refractivity contribution in [3.05, 3.63) is 54.7 Å². The molecule has 32 heavy (non-hydrogen) atoms.